The third-order valence-electron chi connectivity index (χ3n) is 9.04. The highest BCUT2D eigenvalue weighted by molar-refractivity contribution is 6.18. The normalized spacial score (nSPS) is 56.4. The second-order valence-electron chi connectivity index (χ2n) is 9.98. The number of fused-ring (bicyclic) bond motifs is 3. The topological polar surface area (TPSA) is 57.5 Å². The van der Waals surface area contributed by atoms with Crippen LogP contribution in [0.25, 0.3) is 0 Å². The maximum Gasteiger partial charge on any atom is 0.309 e. The molecule has 0 aromatic rings. The van der Waals surface area contributed by atoms with E-state index in [-0.39, 0.29) is 16.7 Å². The lowest BCUT2D eigenvalue weighted by atomic mass is 9.41. The van der Waals surface area contributed by atoms with Gasteiger partial charge in [-0.3, -0.25) is 4.79 Å². The Kier molecular flexibility index (Phi) is 3.66. The van der Waals surface area contributed by atoms with Gasteiger partial charge in [0.1, 0.15) is 0 Å². The third kappa shape index (κ3) is 1.97. The van der Waals surface area contributed by atoms with Crippen LogP contribution in [-0.4, -0.2) is 27.7 Å². The fourth-order valence-corrected chi connectivity index (χ4v) is 8.35. The van der Waals surface area contributed by atoms with E-state index in [1.807, 2.05) is 6.92 Å². The lowest BCUT2D eigenvalue weighted by Crippen LogP contribution is -2.58. The first kappa shape index (κ1) is 17.1. The largest absolute Gasteiger partial charge is 0.481 e. The number of aliphatic hydroxyl groups is 1. The van der Waals surface area contributed by atoms with Crippen LogP contribution in [0, 0.1) is 34.0 Å². The minimum atomic E-state index is -0.690. The minimum absolute atomic E-state index is 0.103. The van der Waals surface area contributed by atoms with Gasteiger partial charge in [-0.2, -0.15) is 0 Å². The third-order valence-corrected chi connectivity index (χ3v) is 9.50. The Balaban J connectivity index is 1.73. The van der Waals surface area contributed by atoms with Crippen LogP contribution < -0.4 is 0 Å². The summed E-state index contributed by atoms with van der Waals surface area (Å²) in [6.07, 6.45) is 9.21. The Hall–Kier alpha value is -0.280. The highest BCUT2D eigenvalue weighted by atomic mass is 35.5. The standard InChI is InChI=1S/C20H31ClO3/c1-17-7-3-8-18(2,16(22)23)14(17)6-9-19-10-13(4-5-15(17)19)20(24,11-19)12-21/h13-15,24H,3-12H2,1-2H3,(H,22,23)/t13-,14-,15-,17-,18-,19+,20+/m1/s1. The number of carboxylic acid groups (broad SMARTS) is 1. The first-order valence-corrected chi connectivity index (χ1v) is 10.3. The molecule has 24 heavy (non-hydrogen) atoms. The molecule has 4 saturated carbocycles. The van der Waals surface area contributed by atoms with Gasteiger partial charge in [-0.05, 0) is 86.9 Å². The van der Waals surface area contributed by atoms with E-state index in [9.17, 15) is 15.0 Å². The summed E-state index contributed by atoms with van der Waals surface area (Å²) < 4.78 is 0. The molecule has 4 aliphatic rings. The second-order valence-corrected chi connectivity index (χ2v) is 10.2. The highest BCUT2D eigenvalue weighted by Gasteiger charge is 2.68. The molecule has 4 heteroatoms. The van der Waals surface area contributed by atoms with Crippen LogP contribution in [0.1, 0.15) is 71.6 Å². The lowest BCUT2D eigenvalue weighted by molar-refractivity contribution is -0.181. The number of rotatable bonds is 2. The average molecular weight is 355 g/mol. The lowest BCUT2D eigenvalue weighted by Gasteiger charge is -2.63. The number of alkyl halides is 1. The van der Waals surface area contributed by atoms with Gasteiger partial charge in [0.05, 0.1) is 16.9 Å². The summed E-state index contributed by atoms with van der Waals surface area (Å²) >= 11 is 6.17. The molecule has 0 heterocycles. The van der Waals surface area contributed by atoms with Crippen molar-refractivity contribution in [2.45, 2.75) is 77.2 Å². The molecule has 0 amide bonds. The molecule has 4 rings (SSSR count). The van der Waals surface area contributed by atoms with Crippen molar-refractivity contribution in [3.05, 3.63) is 0 Å². The van der Waals surface area contributed by atoms with Gasteiger partial charge in [-0.15, -0.1) is 11.6 Å². The maximum atomic E-state index is 12.1. The van der Waals surface area contributed by atoms with E-state index in [2.05, 4.69) is 6.92 Å². The number of hydrogen-bond donors (Lipinski definition) is 2. The molecular weight excluding hydrogens is 324 g/mol. The van der Waals surface area contributed by atoms with E-state index in [4.69, 9.17) is 11.6 Å². The molecule has 0 aliphatic heterocycles. The van der Waals surface area contributed by atoms with Crippen molar-refractivity contribution in [2.24, 2.45) is 34.0 Å². The summed E-state index contributed by atoms with van der Waals surface area (Å²) in [6.45, 7) is 4.37. The average Bonchev–Trinajstić information content (AvgIpc) is 2.73. The number of carboxylic acids is 1. The van der Waals surface area contributed by atoms with Crippen molar-refractivity contribution in [3.8, 4) is 0 Å². The first-order valence-electron chi connectivity index (χ1n) is 9.72. The SMILES string of the molecule is C[C@@]12CCC[C@@](C)(C(=O)O)[C@@H]1CC[C@@]13C[C@@H](CC[C@@H]12)[C@@](O)(CCl)C3. The zero-order valence-corrected chi connectivity index (χ0v) is 15.7. The summed E-state index contributed by atoms with van der Waals surface area (Å²) in [4.78, 5) is 12.1. The predicted octanol–water partition coefficient (Wildman–Crippen LogP) is 4.45. The molecule has 0 saturated heterocycles. The molecule has 7 atom stereocenters. The Morgan fingerprint density at radius 3 is 2.54 bits per heavy atom. The first-order chi connectivity index (χ1) is 11.2. The Morgan fingerprint density at radius 1 is 1.12 bits per heavy atom. The van der Waals surface area contributed by atoms with E-state index in [0.29, 0.717) is 17.7 Å². The van der Waals surface area contributed by atoms with Crippen molar-refractivity contribution >= 4 is 17.6 Å². The molecule has 0 unspecified atom stereocenters. The fourth-order valence-electron chi connectivity index (χ4n) is 8.03. The number of aliphatic carboxylic acids is 1. The second kappa shape index (κ2) is 5.13. The smallest absolute Gasteiger partial charge is 0.309 e. The fraction of sp³-hybridized carbons (Fsp3) is 0.950. The van der Waals surface area contributed by atoms with Gasteiger partial charge in [0, 0.05) is 0 Å². The molecule has 3 nitrogen and oxygen atoms in total. The summed E-state index contributed by atoms with van der Waals surface area (Å²) in [5.74, 6) is 0.913. The summed E-state index contributed by atoms with van der Waals surface area (Å²) in [6, 6.07) is 0. The van der Waals surface area contributed by atoms with E-state index < -0.39 is 17.0 Å². The molecule has 0 aromatic carbocycles. The van der Waals surface area contributed by atoms with Gasteiger partial charge in [0.25, 0.3) is 0 Å². The molecule has 4 aliphatic carbocycles. The van der Waals surface area contributed by atoms with Crippen molar-refractivity contribution < 1.29 is 15.0 Å². The predicted molar refractivity (Wildman–Crippen MR) is 94.0 cm³/mol. The Morgan fingerprint density at radius 2 is 1.88 bits per heavy atom. The molecular formula is C20H31ClO3. The van der Waals surface area contributed by atoms with Gasteiger partial charge in [-0.25, -0.2) is 0 Å². The van der Waals surface area contributed by atoms with Crippen LogP contribution in [0.15, 0.2) is 0 Å². The van der Waals surface area contributed by atoms with Gasteiger partial charge in [0.2, 0.25) is 0 Å². The molecule has 1 spiro atoms. The highest BCUT2D eigenvalue weighted by Crippen LogP contribution is 2.72. The van der Waals surface area contributed by atoms with Crippen molar-refractivity contribution in [1.29, 1.82) is 0 Å². The van der Waals surface area contributed by atoms with Gasteiger partial charge in [0.15, 0.2) is 0 Å². The molecule has 136 valence electrons. The molecule has 2 N–H and O–H groups in total. The van der Waals surface area contributed by atoms with E-state index >= 15 is 0 Å². The van der Waals surface area contributed by atoms with E-state index in [1.165, 1.54) is 0 Å². The van der Waals surface area contributed by atoms with Crippen molar-refractivity contribution in [1.82, 2.24) is 0 Å². The number of carbonyl (C=O) groups is 1. The molecule has 0 aromatic heterocycles. The van der Waals surface area contributed by atoms with E-state index in [0.717, 1.165) is 57.8 Å². The van der Waals surface area contributed by atoms with Gasteiger partial charge < -0.3 is 10.2 Å². The molecule has 0 radical (unpaired) electrons. The quantitative estimate of drug-likeness (QED) is 0.720. The molecule has 2 bridgehead atoms. The summed E-state index contributed by atoms with van der Waals surface area (Å²) in [5.41, 5.74) is -0.960. The number of hydrogen-bond acceptors (Lipinski definition) is 2. The molecule has 4 fully saturated rings. The van der Waals surface area contributed by atoms with Crippen molar-refractivity contribution in [2.75, 3.05) is 5.88 Å². The monoisotopic (exact) mass is 354 g/mol. The van der Waals surface area contributed by atoms with Crippen LogP contribution in [0.3, 0.4) is 0 Å². The zero-order chi connectivity index (χ0) is 17.4. The van der Waals surface area contributed by atoms with Crippen molar-refractivity contribution in [3.63, 3.8) is 0 Å². The maximum absolute atomic E-state index is 12.1. The van der Waals surface area contributed by atoms with Crippen LogP contribution in [0.5, 0.6) is 0 Å². The van der Waals surface area contributed by atoms with Gasteiger partial charge in [-0.1, -0.05) is 13.3 Å². The van der Waals surface area contributed by atoms with Crippen LogP contribution in [-0.2, 0) is 4.79 Å². The zero-order valence-electron chi connectivity index (χ0n) is 15.0. The van der Waals surface area contributed by atoms with Crippen LogP contribution >= 0.6 is 11.6 Å². The minimum Gasteiger partial charge on any atom is -0.481 e. The number of halogens is 1. The van der Waals surface area contributed by atoms with Gasteiger partial charge >= 0.3 is 5.97 Å². The Bertz CT molecular complexity index is 565. The summed E-state index contributed by atoms with van der Waals surface area (Å²) in [5, 5.41) is 21.0. The summed E-state index contributed by atoms with van der Waals surface area (Å²) in [7, 11) is 0. The van der Waals surface area contributed by atoms with E-state index in [1.54, 1.807) is 0 Å². The van der Waals surface area contributed by atoms with Crippen LogP contribution in [0.4, 0.5) is 0 Å². The Labute approximate surface area is 150 Å². The van der Waals surface area contributed by atoms with Crippen LogP contribution in [0.2, 0.25) is 0 Å².